The molecule has 0 heterocycles. The molecule has 0 saturated heterocycles. The smallest absolute Gasteiger partial charge is 0.257 e. The minimum atomic E-state index is -1.70. The van der Waals surface area contributed by atoms with Gasteiger partial charge in [0.05, 0.1) is 5.56 Å². The first-order valence-corrected chi connectivity index (χ1v) is 5.84. The van der Waals surface area contributed by atoms with Gasteiger partial charge < -0.3 is 15.7 Å². The third-order valence-electron chi connectivity index (χ3n) is 2.98. The maximum Gasteiger partial charge on any atom is 0.257 e. The van der Waals surface area contributed by atoms with E-state index < -0.39 is 34.7 Å². The summed E-state index contributed by atoms with van der Waals surface area (Å²) < 4.78 is 39.7. The van der Waals surface area contributed by atoms with E-state index in [0.29, 0.717) is 6.07 Å². The number of amides is 1. The van der Waals surface area contributed by atoms with Crippen LogP contribution in [0.25, 0.3) is 0 Å². The van der Waals surface area contributed by atoms with Crippen LogP contribution in [0.3, 0.4) is 0 Å². The van der Waals surface area contributed by atoms with Crippen LogP contribution in [0.5, 0.6) is 5.75 Å². The van der Waals surface area contributed by atoms with Gasteiger partial charge in [0.25, 0.3) is 5.91 Å². The Kier molecular flexibility index (Phi) is 3.66. The summed E-state index contributed by atoms with van der Waals surface area (Å²) in [5.41, 5.74) is 4.68. The first-order valence-electron chi connectivity index (χ1n) is 5.84. The molecule has 19 heavy (non-hydrogen) atoms. The average molecular weight is 274 g/mol. The number of rotatable bonds is 4. The molecule has 0 unspecified atom stereocenters. The number of hydrogen-bond acceptors (Lipinski definition) is 3. The van der Waals surface area contributed by atoms with E-state index in [9.17, 15) is 18.0 Å². The molecule has 0 bridgehead atoms. The Morgan fingerprint density at radius 2 is 2.00 bits per heavy atom. The summed E-state index contributed by atoms with van der Waals surface area (Å²) in [6.45, 7) is 0.377. The molecule has 1 amide bonds. The Labute approximate surface area is 107 Å². The summed E-state index contributed by atoms with van der Waals surface area (Å²) in [7, 11) is 0. The number of nitrogens with zero attached hydrogens (tertiary/aromatic N) is 1. The Morgan fingerprint density at radius 3 is 2.53 bits per heavy atom. The van der Waals surface area contributed by atoms with Crippen LogP contribution in [-0.2, 0) is 0 Å². The van der Waals surface area contributed by atoms with Crippen LogP contribution in [0.1, 0.15) is 23.2 Å². The van der Waals surface area contributed by atoms with Gasteiger partial charge in [0, 0.05) is 19.1 Å². The van der Waals surface area contributed by atoms with Crippen LogP contribution in [0.2, 0.25) is 0 Å². The van der Waals surface area contributed by atoms with E-state index in [1.807, 2.05) is 0 Å². The second kappa shape index (κ2) is 5.08. The van der Waals surface area contributed by atoms with Gasteiger partial charge in [-0.15, -0.1) is 0 Å². The number of carbonyl (C=O) groups excluding carboxylic acids is 1. The van der Waals surface area contributed by atoms with Gasteiger partial charge in [-0.2, -0.15) is 4.39 Å². The number of phenolic OH excluding ortho intramolecular Hbond substituents is 1. The highest BCUT2D eigenvalue weighted by molar-refractivity contribution is 5.95. The van der Waals surface area contributed by atoms with Crippen molar-refractivity contribution in [3.63, 3.8) is 0 Å². The van der Waals surface area contributed by atoms with Crippen molar-refractivity contribution < 1.29 is 23.1 Å². The van der Waals surface area contributed by atoms with Crippen LogP contribution >= 0.6 is 0 Å². The Balaban J connectivity index is 2.37. The summed E-state index contributed by atoms with van der Waals surface area (Å²) >= 11 is 0. The fraction of sp³-hybridized carbons (Fsp3) is 0.417. The van der Waals surface area contributed by atoms with Gasteiger partial charge in [-0.05, 0) is 18.9 Å². The molecule has 1 aliphatic rings. The van der Waals surface area contributed by atoms with E-state index in [4.69, 9.17) is 10.8 Å². The first-order chi connectivity index (χ1) is 8.97. The molecule has 1 aliphatic carbocycles. The van der Waals surface area contributed by atoms with Gasteiger partial charge in [0.2, 0.25) is 5.82 Å². The van der Waals surface area contributed by atoms with Crippen LogP contribution in [-0.4, -0.2) is 35.0 Å². The van der Waals surface area contributed by atoms with Crippen LogP contribution in [0, 0.1) is 17.5 Å². The number of phenols is 1. The molecule has 104 valence electrons. The average Bonchev–Trinajstić information content (AvgIpc) is 3.21. The van der Waals surface area contributed by atoms with Crippen LogP contribution in [0.15, 0.2) is 6.07 Å². The Hall–Kier alpha value is -1.76. The van der Waals surface area contributed by atoms with Crippen molar-refractivity contribution in [3.8, 4) is 5.75 Å². The number of benzene rings is 1. The van der Waals surface area contributed by atoms with E-state index in [0.717, 1.165) is 12.8 Å². The normalized spacial score (nSPS) is 14.5. The SMILES string of the molecule is NCCN(C(=O)c1cc(F)c(F)c(O)c1F)C1CC1. The van der Waals surface area contributed by atoms with Crippen molar-refractivity contribution in [2.45, 2.75) is 18.9 Å². The predicted molar refractivity (Wildman–Crippen MR) is 61.1 cm³/mol. The van der Waals surface area contributed by atoms with E-state index in [2.05, 4.69) is 0 Å². The molecule has 1 fully saturated rings. The fourth-order valence-electron chi connectivity index (χ4n) is 1.88. The standard InChI is InChI=1S/C12H13F3N2O2/c13-8-5-7(9(14)11(18)10(8)15)12(19)17(4-3-16)6-1-2-6/h5-6,18H,1-4,16H2. The van der Waals surface area contributed by atoms with Crippen LogP contribution in [0.4, 0.5) is 13.2 Å². The molecule has 0 radical (unpaired) electrons. The largest absolute Gasteiger partial charge is 0.503 e. The molecular weight excluding hydrogens is 261 g/mol. The highest BCUT2D eigenvalue weighted by Crippen LogP contribution is 2.31. The van der Waals surface area contributed by atoms with E-state index in [1.54, 1.807) is 0 Å². The van der Waals surface area contributed by atoms with Gasteiger partial charge in [-0.3, -0.25) is 4.79 Å². The second-order valence-corrected chi connectivity index (χ2v) is 4.40. The fourth-order valence-corrected chi connectivity index (χ4v) is 1.88. The minimum absolute atomic E-state index is 0.0503. The number of nitrogens with two attached hydrogens (primary N) is 1. The summed E-state index contributed by atoms with van der Waals surface area (Å²) in [6, 6.07) is 0.407. The lowest BCUT2D eigenvalue weighted by Gasteiger charge is -2.22. The summed E-state index contributed by atoms with van der Waals surface area (Å²) in [6.07, 6.45) is 1.53. The molecular formula is C12H13F3N2O2. The summed E-state index contributed by atoms with van der Waals surface area (Å²) in [5.74, 6) is -6.89. The highest BCUT2D eigenvalue weighted by atomic mass is 19.2. The molecule has 1 saturated carbocycles. The maximum atomic E-state index is 13.6. The van der Waals surface area contributed by atoms with E-state index in [-0.39, 0.29) is 19.1 Å². The van der Waals surface area contributed by atoms with Crippen molar-refractivity contribution in [1.82, 2.24) is 4.90 Å². The molecule has 3 N–H and O–H groups in total. The van der Waals surface area contributed by atoms with Crippen molar-refractivity contribution in [2.24, 2.45) is 5.73 Å². The van der Waals surface area contributed by atoms with Crippen molar-refractivity contribution in [3.05, 3.63) is 29.1 Å². The molecule has 0 atom stereocenters. The van der Waals surface area contributed by atoms with Crippen molar-refractivity contribution >= 4 is 5.91 Å². The van der Waals surface area contributed by atoms with Crippen molar-refractivity contribution in [2.75, 3.05) is 13.1 Å². The van der Waals surface area contributed by atoms with Crippen LogP contribution < -0.4 is 5.73 Å². The first kappa shape index (κ1) is 13.7. The molecule has 0 aliphatic heterocycles. The topological polar surface area (TPSA) is 66.6 Å². The predicted octanol–water partition coefficient (Wildman–Crippen LogP) is 1.37. The molecule has 4 nitrogen and oxygen atoms in total. The monoisotopic (exact) mass is 274 g/mol. The highest BCUT2D eigenvalue weighted by Gasteiger charge is 2.34. The quantitative estimate of drug-likeness (QED) is 0.815. The zero-order valence-corrected chi connectivity index (χ0v) is 10.00. The lowest BCUT2D eigenvalue weighted by atomic mass is 10.1. The number of carbonyl (C=O) groups is 1. The zero-order chi connectivity index (χ0) is 14.2. The second-order valence-electron chi connectivity index (χ2n) is 4.40. The number of hydrogen-bond donors (Lipinski definition) is 2. The molecule has 0 aromatic heterocycles. The van der Waals surface area contributed by atoms with Gasteiger partial charge in [-0.25, -0.2) is 8.78 Å². The number of halogens is 3. The van der Waals surface area contributed by atoms with Gasteiger partial charge >= 0.3 is 0 Å². The number of aromatic hydroxyl groups is 1. The Morgan fingerprint density at radius 1 is 1.37 bits per heavy atom. The lowest BCUT2D eigenvalue weighted by molar-refractivity contribution is 0.0741. The third-order valence-corrected chi connectivity index (χ3v) is 2.98. The maximum absolute atomic E-state index is 13.6. The van der Waals surface area contributed by atoms with E-state index in [1.165, 1.54) is 4.90 Å². The Bertz CT molecular complexity index is 518. The van der Waals surface area contributed by atoms with Gasteiger partial charge in [0.1, 0.15) is 0 Å². The van der Waals surface area contributed by atoms with Crippen molar-refractivity contribution in [1.29, 1.82) is 0 Å². The lowest BCUT2D eigenvalue weighted by Crippen LogP contribution is -2.37. The minimum Gasteiger partial charge on any atom is -0.503 e. The zero-order valence-electron chi connectivity index (χ0n) is 10.00. The third kappa shape index (κ3) is 2.51. The molecule has 0 spiro atoms. The molecule has 1 aromatic rings. The summed E-state index contributed by atoms with van der Waals surface area (Å²) in [4.78, 5) is 13.4. The summed E-state index contributed by atoms with van der Waals surface area (Å²) in [5, 5.41) is 9.10. The van der Waals surface area contributed by atoms with Gasteiger partial charge in [-0.1, -0.05) is 0 Å². The molecule has 1 aromatic carbocycles. The van der Waals surface area contributed by atoms with E-state index >= 15 is 0 Å². The molecule has 2 rings (SSSR count). The molecule has 7 heteroatoms. The van der Waals surface area contributed by atoms with Gasteiger partial charge in [0.15, 0.2) is 17.4 Å².